The molecule has 0 bridgehead atoms. The van der Waals surface area contributed by atoms with Crippen molar-refractivity contribution >= 4 is 5.78 Å². The molecule has 0 amide bonds. The van der Waals surface area contributed by atoms with Gasteiger partial charge < -0.3 is 14.2 Å². The molecule has 37 heavy (non-hydrogen) atoms. The number of carbonyl (C=O) groups excluding carboxylic acids is 1. The van der Waals surface area contributed by atoms with E-state index in [-0.39, 0.29) is 5.78 Å². The van der Waals surface area contributed by atoms with E-state index in [1.807, 2.05) is 20.8 Å². The van der Waals surface area contributed by atoms with Crippen molar-refractivity contribution in [3.8, 4) is 11.1 Å². The average molecular weight is 507 g/mol. The zero-order valence-electron chi connectivity index (χ0n) is 23.7. The van der Waals surface area contributed by atoms with E-state index in [1.165, 1.54) is 36.0 Å². The number of ether oxygens (including phenoxy) is 3. The smallest absolute Gasteiger partial charge is 0.300 e. The second-order valence-corrected chi connectivity index (χ2v) is 10.1. The Balaban J connectivity index is 2.26. The molecule has 2 aromatic carbocycles. The highest BCUT2D eigenvalue weighted by molar-refractivity contribution is 6.04. The minimum Gasteiger partial charge on any atom is -0.327 e. The number of rotatable bonds is 17. The zero-order valence-corrected chi connectivity index (χ0v) is 23.7. The fourth-order valence-corrected chi connectivity index (χ4v) is 5.98. The number of hydrogen-bond donors (Lipinski definition) is 0. The standard InChI is InChI=1S/C33H46O4/c1-7-11-12-13-14-17-23-32(31(34)25(5)6,33(35-8-2,36-9-3)37-10-4)30-22-18-21-28-27-20-16-15-19-26(27)24-29(28)30/h15-16,18-22H,5,7-14,17,23-24H2,1-4,6H3. The van der Waals surface area contributed by atoms with Gasteiger partial charge in [0.05, 0.1) is 0 Å². The summed E-state index contributed by atoms with van der Waals surface area (Å²) in [4.78, 5) is 14.5. The first-order valence-electron chi connectivity index (χ1n) is 14.2. The Morgan fingerprint density at radius 1 is 0.811 bits per heavy atom. The van der Waals surface area contributed by atoms with Gasteiger partial charge in [-0.3, -0.25) is 4.79 Å². The molecule has 2 aromatic rings. The molecule has 202 valence electrons. The van der Waals surface area contributed by atoms with Crippen molar-refractivity contribution in [3.63, 3.8) is 0 Å². The number of benzene rings is 2. The number of unbranched alkanes of at least 4 members (excludes halogenated alkanes) is 5. The van der Waals surface area contributed by atoms with Crippen molar-refractivity contribution in [2.45, 2.75) is 97.4 Å². The van der Waals surface area contributed by atoms with Crippen LogP contribution in [0.1, 0.15) is 96.3 Å². The first kappa shape index (κ1) is 29.3. The Morgan fingerprint density at radius 2 is 1.41 bits per heavy atom. The minimum absolute atomic E-state index is 0.0687. The molecule has 0 fully saturated rings. The van der Waals surface area contributed by atoms with E-state index in [4.69, 9.17) is 14.2 Å². The van der Waals surface area contributed by atoms with Crippen LogP contribution in [-0.2, 0) is 30.8 Å². The maximum atomic E-state index is 14.5. The normalized spacial score (nSPS) is 14.2. The summed E-state index contributed by atoms with van der Waals surface area (Å²) < 4.78 is 19.3. The lowest BCUT2D eigenvalue weighted by atomic mass is 9.66. The predicted octanol–water partition coefficient (Wildman–Crippen LogP) is 8.15. The highest BCUT2D eigenvalue weighted by atomic mass is 16.9. The fourth-order valence-electron chi connectivity index (χ4n) is 5.98. The van der Waals surface area contributed by atoms with Gasteiger partial charge in [-0.05, 0) is 73.9 Å². The number of fused-ring (bicyclic) bond motifs is 3. The summed E-state index contributed by atoms with van der Waals surface area (Å²) in [5.41, 5.74) is 5.09. The Kier molecular flexibility index (Phi) is 10.7. The molecule has 0 saturated carbocycles. The molecular weight excluding hydrogens is 460 g/mol. The molecule has 0 radical (unpaired) electrons. The summed E-state index contributed by atoms with van der Waals surface area (Å²) in [5.74, 6) is -1.62. The van der Waals surface area contributed by atoms with E-state index in [0.29, 0.717) is 31.8 Å². The summed E-state index contributed by atoms with van der Waals surface area (Å²) in [5, 5.41) is 0. The number of allylic oxidation sites excluding steroid dienone is 1. The Labute approximate surface area is 224 Å². The Hall–Kier alpha value is -2.27. The van der Waals surface area contributed by atoms with Gasteiger partial charge in [-0.25, -0.2) is 0 Å². The maximum absolute atomic E-state index is 14.5. The minimum atomic E-state index is -1.55. The van der Waals surface area contributed by atoms with Gasteiger partial charge in [0.25, 0.3) is 0 Å². The third-order valence-corrected chi connectivity index (χ3v) is 7.52. The van der Waals surface area contributed by atoms with Crippen LogP contribution in [0.4, 0.5) is 0 Å². The van der Waals surface area contributed by atoms with Gasteiger partial charge in [-0.1, -0.05) is 94.5 Å². The number of Topliss-reactive ketones (excluding diaryl/α,β-unsaturated/α-hetero) is 1. The molecule has 0 N–H and O–H groups in total. The van der Waals surface area contributed by atoms with Crippen LogP contribution in [0.15, 0.2) is 54.6 Å². The summed E-state index contributed by atoms with van der Waals surface area (Å²) in [6.07, 6.45) is 8.05. The average Bonchev–Trinajstić information content (AvgIpc) is 3.27. The Bertz CT molecular complexity index is 1040. The largest absolute Gasteiger partial charge is 0.327 e. The lowest BCUT2D eigenvalue weighted by Gasteiger charge is -2.48. The molecule has 0 aromatic heterocycles. The van der Waals surface area contributed by atoms with Crippen molar-refractivity contribution in [2.24, 2.45) is 0 Å². The molecule has 1 aliphatic rings. The fraction of sp³-hybridized carbons (Fsp3) is 0.545. The quantitative estimate of drug-likeness (QED) is 0.105. The van der Waals surface area contributed by atoms with Crippen LogP contribution in [-0.4, -0.2) is 31.6 Å². The molecule has 4 nitrogen and oxygen atoms in total. The summed E-state index contributed by atoms with van der Waals surface area (Å²) in [7, 11) is 0. The molecule has 4 heteroatoms. The number of carbonyl (C=O) groups is 1. The number of ketones is 1. The summed E-state index contributed by atoms with van der Waals surface area (Å²) >= 11 is 0. The topological polar surface area (TPSA) is 44.8 Å². The van der Waals surface area contributed by atoms with Crippen molar-refractivity contribution < 1.29 is 19.0 Å². The Morgan fingerprint density at radius 3 is 2.03 bits per heavy atom. The zero-order chi connectivity index (χ0) is 26.9. The highest BCUT2D eigenvalue weighted by Crippen LogP contribution is 2.51. The van der Waals surface area contributed by atoms with E-state index < -0.39 is 11.4 Å². The van der Waals surface area contributed by atoms with Gasteiger partial charge in [-0.15, -0.1) is 0 Å². The predicted molar refractivity (Wildman–Crippen MR) is 152 cm³/mol. The van der Waals surface area contributed by atoms with Crippen LogP contribution in [0.2, 0.25) is 0 Å². The van der Waals surface area contributed by atoms with Crippen LogP contribution in [0.25, 0.3) is 11.1 Å². The third kappa shape index (κ3) is 5.77. The molecule has 1 atom stereocenters. The number of hydrogen-bond acceptors (Lipinski definition) is 4. The van der Waals surface area contributed by atoms with Gasteiger partial charge in [0.1, 0.15) is 5.41 Å². The highest BCUT2D eigenvalue weighted by Gasteiger charge is 2.61. The van der Waals surface area contributed by atoms with Crippen molar-refractivity contribution in [1.29, 1.82) is 0 Å². The van der Waals surface area contributed by atoms with E-state index in [0.717, 1.165) is 36.8 Å². The molecule has 0 aliphatic heterocycles. The second kappa shape index (κ2) is 13.5. The molecule has 3 rings (SSSR count). The first-order chi connectivity index (χ1) is 17.9. The second-order valence-electron chi connectivity index (χ2n) is 10.1. The van der Waals surface area contributed by atoms with E-state index >= 15 is 0 Å². The molecule has 0 saturated heterocycles. The molecule has 0 heterocycles. The van der Waals surface area contributed by atoms with E-state index in [9.17, 15) is 4.79 Å². The van der Waals surface area contributed by atoms with Crippen molar-refractivity contribution in [1.82, 2.24) is 0 Å². The van der Waals surface area contributed by atoms with Crippen molar-refractivity contribution in [3.05, 3.63) is 71.3 Å². The summed E-state index contributed by atoms with van der Waals surface area (Å²) in [6.45, 7) is 15.0. The lowest BCUT2D eigenvalue weighted by molar-refractivity contribution is -0.403. The van der Waals surface area contributed by atoms with Crippen LogP contribution in [0.5, 0.6) is 0 Å². The maximum Gasteiger partial charge on any atom is 0.300 e. The van der Waals surface area contributed by atoms with Crippen molar-refractivity contribution in [2.75, 3.05) is 19.8 Å². The van der Waals surface area contributed by atoms with E-state index in [2.05, 4.69) is 56.0 Å². The third-order valence-electron chi connectivity index (χ3n) is 7.52. The molecule has 1 aliphatic carbocycles. The molecule has 1 unspecified atom stereocenters. The SMILES string of the molecule is C=C(C)C(=O)C(CCCCCCCC)(c1cccc2c1Cc1ccccc1-2)C(OCC)(OCC)OCC. The lowest BCUT2D eigenvalue weighted by Crippen LogP contribution is -2.62. The first-order valence-corrected chi connectivity index (χ1v) is 14.2. The molecular formula is C33H46O4. The van der Waals surface area contributed by atoms with Crippen LogP contribution < -0.4 is 0 Å². The van der Waals surface area contributed by atoms with Gasteiger partial charge in [0.2, 0.25) is 0 Å². The summed E-state index contributed by atoms with van der Waals surface area (Å²) in [6, 6.07) is 14.8. The van der Waals surface area contributed by atoms with Gasteiger partial charge >= 0.3 is 5.97 Å². The monoisotopic (exact) mass is 506 g/mol. The molecule has 0 spiro atoms. The van der Waals surface area contributed by atoms with Crippen LogP contribution in [0, 0.1) is 0 Å². The van der Waals surface area contributed by atoms with Crippen LogP contribution in [0.3, 0.4) is 0 Å². The van der Waals surface area contributed by atoms with Gasteiger partial charge in [-0.2, -0.15) is 0 Å². The van der Waals surface area contributed by atoms with Gasteiger partial charge in [0.15, 0.2) is 5.78 Å². The van der Waals surface area contributed by atoms with Gasteiger partial charge in [0, 0.05) is 19.8 Å². The van der Waals surface area contributed by atoms with Crippen LogP contribution >= 0.6 is 0 Å². The van der Waals surface area contributed by atoms with E-state index in [1.54, 1.807) is 6.92 Å².